The zero-order valence-electron chi connectivity index (χ0n) is 26.9. The average molecular weight is 671 g/mol. The van der Waals surface area contributed by atoms with Crippen molar-refractivity contribution in [3.05, 3.63) is 71.7 Å². The van der Waals surface area contributed by atoms with Crippen molar-refractivity contribution in [1.29, 1.82) is 0 Å². The summed E-state index contributed by atoms with van der Waals surface area (Å²) in [5.74, 6) is -0.145. The lowest BCUT2D eigenvalue weighted by Gasteiger charge is -2.49. The van der Waals surface area contributed by atoms with Crippen molar-refractivity contribution >= 4 is 12.0 Å². The minimum Gasteiger partial charge on any atom is -0.488 e. The molecule has 0 radical (unpaired) electrons. The number of ether oxygens (including phenoxy) is 2. The van der Waals surface area contributed by atoms with Gasteiger partial charge in [-0.2, -0.15) is 26.3 Å². The second-order valence-corrected chi connectivity index (χ2v) is 12.9. The van der Waals surface area contributed by atoms with Gasteiger partial charge in [0.15, 0.2) is 5.75 Å². The zero-order chi connectivity index (χ0) is 34.8. The highest BCUT2D eigenvalue weighted by Crippen LogP contribution is 2.54. The Labute approximate surface area is 270 Å². The van der Waals surface area contributed by atoms with Gasteiger partial charge in [0.1, 0.15) is 17.6 Å². The van der Waals surface area contributed by atoms with Gasteiger partial charge in [-0.25, -0.2) is 14.8 Å². The number of carbonyl (C=O) groups is 1. The van der Waals surface area contributed by atoms with Crippen LogP contribution in [0.3, 0.4) is 0 Å². The first-order valence-corrected chi connectivity index (χ1v) is 15.4. The third-order valence-corrected chi connectivity index (χ3v) is 8.26. The molecule has 1 aliphatic heterocycles. The van der Waals surface area contributed by atoms with Crippen molar-refractivity contribution in [2.45, 2.75) is 96.4 Å². The van der Waals surface area contributed by atoms with Crippen LogP contribution in [0.4, 0.5) is 37.1 Å². The number of carbonyl (C=O) groups excluding carboxylic acids is 1. The van der Waals surface area contributed by atoms with E-state index in [9.17, 15) is 31.1 Å². The summed E-state index contributed by atoms with van der Waals surface area (Å²) in [5, 5.41) is 9.09. The van der Waals surface area contributed by atoms with Crippen molar-refractivity contribution in [3.8, 4) is 5.75 Å². The molecule has 1 aliphatic carbocycles. The summed E-state index contributed by atoms with van der Waals surface area (Å²) in [6, 6.07) is 7.22. The monoisotopic (exact) mass is 670 g/mol. The number of aliphatic hydroxyl groups excluding tert-OH is 1. The number of allylic oxidation sites excluding steroid dienone is 3. The predicted molar refractivity (Wildman–Crippen MR) is 163 cm³/mol. The number of aromatic nitrogens is 2. The summed E-state index contributed by atoms with van der Waals surface area (Å²) in [4.78, 5) is 24.9. The Morgan fingerprint density at radius 1 is 1.04 bits per heavy atom. The Bertz CT molecular complexity index is 1440. The number of hydrogen-bond donors (Lipinski definition) is 1. The molecule has 2 heterocycles. The Hall–Kier alpha value is -3.81. The van der Waals surface area contributed by atoms with Gasteiger partial charge in [-0.05, 0) is 65.0 Å². The van der Waals surface area contributed by atoms with Crippen molar-refractivity contribution in [1.82, 2.24) is 14.9 Å². The molecule has 1 N–H and O–H groups in total. The third-order valence-electron chi connectivity index (χ3n) is 8.26. The van der Waals surface area contributed by atoms with Crippen LogP contribution in [0.1, 0.15) is 59.4 Å². The molecule has 258 valence electrons. The summed E-state index contributed by atoms with van der Waals surface area (Å²) >= 11 is 0. The van der Waals surface area contributed by atoms with E-state index in [1.165, 1.54) is 12.4 Å². The van der Waals surface area contributed by atoms with Crippen LogP contribution in [-0.4, -0.2) is 75.4 Å². The van der Waals surface area contributed by atoms with Gasteiger partial charge in [0.25, 0.3) is 0 Å². The van der Waals surface area contributed by atoms with Crippen LogP contribution in [0.15, 0.2) is 66.1 Å². The van der Waals surface area contributed by atoms with Gasteiger partial charge in [-0.3, -0.25) is 0 Å². The summed E-state index contributed by atoms with van der Waals surface area (Å²) in [6.07, 6.45) is -6.77. The van der Waals surface area contributed by atoms with E-state index in [4.69, 9.17) is 14.6 Å². The number of benzene rings is 1. The Morgan fingerprint density at radius 2 is 1.66 bits per heavy atom. The Morgan fingerprint density at radius 3 is 2.19 bits per heavy atom. The quantitative estimate of drug-likeness (QED) is 0.278. The van der Waals surface area contributed by atoms with E-state index in [0.717, 1.165) is 10.5 Å². The minimum absolute atomic E-state index is 0.0728. The molecule has 8 nitrogen and oxygen atoms in total. The molecule has 1 fully saturated rings. The number of piperidine rings is 1. The van der Waals surface area contributed by atoms with Gasteiger partial charge in [-0.1, -0.05) is 43.3 Å². The molecule has 1 saturated heterocycles. The number of likely N-dealkylation sites (tertiary alicyclic amines) is 1. The molecule has 2 aromatic rings. The van der Waals surface area contributed by atoms with Gasteiger partial charge >= 0.3 is 18.4 Å². The maximum atomic E-state index is 14.8. The third kappa shape index (κ3) is 8.20. The second-order valence-electron chi connectivity index (χ2n) is 12.9. The molecule has 47 heavy (non-hydrogen) atoms. The maximum Gasteiger partial charge on any atom is 0.416 e. The van der Waals surface area contributed by atoms with Crippen molar-refractivity contribution in [3.63, 3.8) is 0 Å². The maximum absolute atomic E-state index is 14.8. The molecule has 2 aliphatic rings. The molecule has 4 rings (SSSR count). The lowest BCUT2D eigenvalue weighted by molar-refractivity contribution is -0.187. The molecule has 0 bridgehead atoms. The van der Waals surface area contributed by atoms with Crippen LogP contribution in [0.2, 0.25) is 0 Å². The van der Waals surface area contributed by atoms with Gasteiger partial charge in [0.2, 0.25) is 5.95 Å². The highest BCUT2D eigenvalue weighted by molar-refractivity contribution is 5.69. The topological polar surface area (TPSA) is 88.0 Å². The molecule has 0 spiro atoms. The van der Waals surface area contributed by atoms with Crippen LogP contribution >= 0.6 is 0 Å². The molecule has 14 heteroatoms. The minimum atomic E-state index is -5.11. The van der Waals surface area contributed by atoms with Gasteiger partial charge < -0.3 is 24.4 Å². The highest BCUT2D eigenvalue weighted by Gasteiger charge is 2.59. The number of halogens is 6. The van der Waals surface area contributed by atoms with E-state index >= 15 is 0 Å². The first-order chi connectivity index (χ1) is 21.9. The van der Waals surface area contributed by atoms with Gasteiger partial charge in [0, 0.05) is 23.8 Å². The number of aliphatic hydroxyl groups is 1. The summed E-state index contributed by atoms with van der Waals surface area (Å²) in [7, 11) is 0. The van der Waals surface area contributed by atoms with Gasteiger partial charge in [-0.15, -0.1) is 0 Å². The number of alkyl halides is 6. The lowest BCUT2D eigenvalue weighted by atomic mass is 9.83. The fourth-order valence-corrected chi connectivity index (χ4v) is 6.08. The van der Waals surface area contributed by atoms with E-state index in [1.807, 2.05) is 37.3 Å². The smallest absolute Gasteiger partial charge is 0.416 e. The van der Waals surface area contributed by atoms with Crippen LogP contribution < -0.4 is 9.64 Å². The number of anilines is 1. The number of amides is 1. The number of rotatable bonds is 9. The van der Waals surface area contributed by atoms with Gasteiger partial charge in [0.05, 0.1) is 24.6 Å². The number of nitrogens with zero attached hydrogens (tertiary/aromatic N) is 4. The van der Waals surface area contributed by atoms with Crippen molar-refractivity contribution in [2.75, 3.05) is 18.1 Å². The fraction of sp³-hybridized carbons (Fsp3) is 0.545. The molecule has 1 aromatic heterocycles. The first-order valence-electron chi connectivity index (χ1n) is 15.4. The number of hydrogen-bond acceptors (Lipinski definition) is 7. The van der Waals surface area contributed by atoms with Crippen LogP contribution in [0, 0.1) is 5.41 Å². The normalized spacial score (nSPS) is 23.7. The van der Waals surface area contributed by atoms with Crippen LogP contribution in [0.5, 0.6) is 5.75 Å². The molecule has 1 aromatic carbocycles. The van der Waals surface area contributed by atoms with Crippen molar-refractivity contribution < 1.29 is 45.7 Å². The average Bonchev–Trinajstić information content (AvgIpc) is 3.35. The molecule has 0 saturated carbocycles. The highest BCUT2D eigenvalue weighted by atomic mass is 19.4. The zero-order valence-corrected chi connectivity index (χ0v) is 26.9. The second kappa shape index (κ2) is 13.7. The SMILES string of the molecule is CC[C@@H]1C[C@H](N(C2=CC(C(F)(F)F)=C[C@@]2(C)C(F)(F)F)c2ncc(OCCO)cn2)CC(Cc2ccccc2)N1C(=O)OC(C)(C)C. The molecule has 1 unspecified atom stereocenters. The Balaban J connectivity index is 1.87. The summed E-state index contributed by atoms with van der Waals surface area (Å²) in [6.45, 7) is 7.32. The van der Waals surface area contributed by atoms with E-state index in [0.29, 0.717) is 25.8 Å². The molecule has 4 atom stereocenters. The van der Waals surface area contributed by atoms with Crippen LogP contribution in [-0.2, 0) is 11.2 Å². The van der Waals surface area contributed by atoms with E-state index in [1.54, 1.807) is 25.7 Å². The molecule has 1 amide bonds. The lowest BCUT2D eigenvalue weighted by Crippen LogP contribution is -2.59. The van der Waals surface area contributed by atoms with E-state index in [-0.39, 0.29) is 43.8 Å². The van der Waals surface area contributed by atoms with Crippen molar-refractivity contribution in [2.24, 2.45) is 5.41 Å². The molecular weight excluding hydrogens is 630 g/mol. The summed E-state index contributed by atoms with van der Waals surface area (Å²) < 4.78 is 97.5. The standard InChI is InChI=1S/C33H40F6N4O4/c1-6-23-16-25(17-24(14-21-10-8-7-9-11-21)42(23)29(45)47-30(2,3)4)43(28-40-19-26(20-41-28)46-13-12-44)27-15-22(32(34,35)36)18-31(27,5)33(37,38)39/h7-11,15,18-20,23-25,44H,6,12-14,16-17H2,1-5H3/t23-,24?,25+,31-/m1/s1. The molecular formula is C33H40F6N4O4. The fourth-order valence-electron chi connectivity index (χ4n) is 6.08. The first kappa shape index (κ1) is 36.0. The van der Waals surface area contributed by atoms with E-state index < -0.39 is 58.9 Å². The Kier molecular flexibility index (Phi) is 10.5. The predicted octanol–water partition coefficient (Wildman–Crippen LogP) is 7.40. The largest absolute Gasteiger partial charge is 0.488 e. The van der Waals surface area contributed by atoms with Crippen LogP contribution in [0.25, 0.3) is 0 Å². The summed E-state index contributed by atoms with van der Waals surface area (Å²) in [5.41, 5.74) is -5.11. The van der Waals surface area contributed by atoms with E-state index in [2.05, 4.69) is 9.97 Å².